The third-order valence-corrected chi connectivity index (χ3v) is 2.32. The van der Waals surface area contributed by atoms with E-state index in [9.17, 15) is 4.79 Å². The Kier molecular flexibility index (Phi) is 5.16. The number of carbonyl (C=O) groups is 1. The van der Waals surface area contributed by atoms with Crippen LogP contribution in [0.1, 0.15) is 33.3 Å². The molecule has 4 heteroatoms. The van der Waals surface area contributed by atoms with Crippen molar-refractivity contribution in [3.63, 3.8) is 0 Å². The van der Waals surface area contributed by atoms with Gasteiger partial charge >= 0.3 is 6.03 Å². The van der Waals surface area contributed by atoms with Crippen LogP contribution in [0.15, 0.2) is 24.3 Å². The van der Waals surface area contributed by atoms with Crippen molar-refractivity contribution in [1.29, 1.82) is 0 Å². The molecular formula is C14H23N3O. The fraction of sp³-hybridized carbons (Fsp3) is 0.500. The predicted molar refractivity (Wildman–Crippen MR) is 75.7 cm³/mol. The zero-order valence-electron chi connectivity index (χ0n) is 11.6. The van der Waals surface area contributed by atoms with Crippen LogP contribution in [0.5, 0.6) is 0 Å². The zero-order valence-corrected chi connectivity index (χ0v) is 11.6. The molecule has 0 saturated heterocycles. The van der Waals surface area contributed by atoms with Gasteiger partial charge in [0.05, 0.1) is 0 Å². The molecule has 2 amide bonds. The highest BCUT2D eigenvalue weighted by molar-refractivity contribution is 5.90. The molecule has 0 fully saturated rings. The number of anilines is 1. The first kappa shape index (κ1) is 14.5. The Morgan fingerprint density at radius 2 is 1.89 bits per heavy atom. The lowest BCUT2D eigenvalue weighted by molar-refractivity contribution is 0.244. The van der Waals surface area contributed by atoms with Crippen molar-refractivity contribution < 1.29 is 4.79 Å². The molecule has 1 aromatic rings. The van der Waals surface area contributed by atoms with E-state index in [1.807, 2.05) is 45.0 Å². The van der Waals surface area contributed by atoms with Gasteiger partial charge in [0.1, 0.15) is 0 Å². The van der Waals surface area contributed by atoms with Crippen molar-refractivity contribution in [1.82, 2.24) is 10.6 Å². The van der Waals surface area contributed by atoms with E-state index < -0.39 is 0 Å². The predicted octanol–water partition coefficient (Wildman–Crippen LogP) is 2.72. The van der Waals surface area contributed by atoms with E-state index in [2.05, 4.69) is 22.9 Å². The third-order valence-electron chi connectivity index (χ3n) is 2.32. The second-order valence-electron chi connectivity index (χ2n) is 5.27. The minimum atomic E-state index is -0.235. The molecule has 0 heterocycles. The maximum absolute atomic E-state index is 11.8. The van der Waals surface area contributed by atoms with E-state index in [1.165, 1.54) is 0 Å². The molecule has 4 nitrogen and oxygen atoms in total. The first-order valence-corrected chi connectivity index (χ1v) is 6.30. The molecule has 3 N–H and O–H groups in total. The summed E-state index contributed by atoms with van der Waals surface area (Å²) in [6.45, 7) is 9.58. The zero-order chi connectivity index (χ0) is 13.6. The summed E-state index contributed by atoms with van der Waals surface area (Å²) in [6.07, 6.45) is 0. The second kappa shape index (κ2) is 6.40. The number of nitrogens with one attached hydrogen (secondary N) is 3. The largest absolute Gasteiger partial charge is 0.333 e. The normalized spacial score (nSPS) is 11.1. The maximum atomic E-state index is 11.8. The van der Waals surface area contributed by atoms with Gasteiger partial charge in [-0.25, -0.2) is 4.79 Å². The highest BCUT2D eigenvalue weighted by Crippen LogP contribution is 2.14. The lowest BCUT2D eigenvalue weighted by atomic mass is 10.1. The van der Waals surface area contributed by atoms with Gasteiger partial charge in [-0.05, 0) is 38.9 Å². The Morgan fingerprint density at radius 3 is 2.50 bits per heavy atom. The quantitative estimate of drug-likeness (QED) is 0.768. The highest BCUT2D eigenvalue weighted by Gasteiger charge is 2.14. The molecular weight excluding hydrogens is 226 g/mol. The number of amides is 2. The van der Waals surface area contributed by atoms with Crippen LogP contribution in [0.3, 0.4) is 0 Å². The van der Waals surface area contributed by atoms with Gasteiger partial charge in [-0.2, -0.15) is 0 Å². The van der Waals surface area contributed by atoms with Gasteiger partial charge in [-0.1, -0.05) is 25.1 Å². The van der Waals surface area contributed by atoms with E-state index in [-0.39, 0.29) is 11.6 Å². The number of urea groups is 1. The standard InChI is InChI=1S/C14H23N3O/c1-5-15-10-11-8-6-7-9-12(11)16-13(18)17-14(2,3)4/h6-9,15H,5,10H2,1-4H3,(H2,16,17,18). The molecule has 18 heavy (non-hydrogen) atoms. The molecule has 0 bridgehead atoms. The molecule has 1 aromatic carbocycles. The Hall–Kier alpha value is -1.55. The summed E-state index contributed by atoms with van der Waals surface area (Å²) < 4.78 is 0. The molecule has 0 radical (unpaired) electrons. The van der Waals surface area contributed by atoms with E-state index in [1.54, 1.807) is 0 Å². The first-order chi connectivity index (χ1) is 8.42. The number of carbonyl (C=O) groups excluding carboxylic acids is 1. The first-order valence-electron chi connectivity index (χ1n) is 6.30. The van der Waals surface area contributed by atoms with Gasteiger partial charge < -0.3 is 16.0 Å². The molecule has 0 aliphatic carbocycles. The Balaban J connectivity index is 2.68. The number of hydrogen-bond acceptors (Lipinski definition) is 2. The Bertz CT molecular complexity index is 396. The van der Waals surface area contributed by atoms with E-state index >= 15 is 0 Å². The van der Waals surface area contributed by atoms with Crippen LogP contribution in [-0.2, 0) is 6.54 Å². The van der Waals surface area contributed by atoms with Gasteiger partial charge in [0, 0.05) is 17.8 Å². The molecule has 1 rings (SSSR count). The van der Waals surface area contributed by atoms with Gasteiger partial charge in [0.2, 0.25) is 0 Å². The fourth-order valence-electron chi connectivity index (χ4n) is 1.55. The van der Waals surface area contributed by atoms with Gasteiger partial charge in [-0.15, -0.1) is 0 Å². The minimum absolute atomic E-state index is 0.175. The summed E-state index contributed by atoms with van der Waals surface area (Å²) in [5.74, 6) is 0. The molecule has 0 unspecified atom stereocenters. The number of hydrogen-bond donors (Lipinski definition) is 3. The van der Waals surface area contributed by atoms with Crippen LogP contribution in [0, 0.1) is 0 Å². The SMILES string of the molecule is CCNCc1ccccc1NC(=O)NC(C)(C)C. The van der Waals surface area contributed by atoms with Crippen LogP contribution < -0.4 is 16.0 Å². The van der Waals surface area contributed by atoms with Crippen molar-refractivity contribution in [2.24, 2.45) is 0 Å². The van der Waals surface area contributed by atoms with E-state index in [0.717, 1.165) is 24.3 Å². The third kappa shape index (κ3) is 5.19. The van der Waals surface area contributed by atoms with Crippen molar-refractivity contribution in [3.05, 3.63) is 29.8 Å². The van der Waals surface area contributed by atoms with Crippen LogP contribution in [0.25, 0.3) is 0 Å². The Labute approximate surface area is 109 Å². The van der Waals surface area contributed by atoms with Crippen LogP contribution in [0.2, 0.25) is 0 Å². The molecule has 100 valence electrons. The molecule has 0 saturated carbocycles. The van der Waals surface area contributed by atoms with Crippen molar-refractivity contribution in [2.75, 3.05) is 11.9 Å². The molecule has 0 aromatic heterocycles. The molecule has 0 spiro atoms. The smallest absolute Gasteiger partial charge is 0.319 e. The average Bonchev–Trinajstić information content (AvgIpc) is 2.25. The molecule has 0 aliphatic rings. The lowest BCUT2D eigenvalue weighted by Gasteiger charge is -2.21. The topological polar surface area (TPSA) is 53.2 Å². The van der Waals surface area contributed by atoms with Gasteiger partial charge in [0.25, 0.3) is 0 Å². The summed E-state index contributed by atoms with van der Waals surface area (Å²) in [6, 6.07) is 7.64. The minimum Gasteiger partial charge on any atom is -0.333 e. The summed E-state index contributed by atoms with van der Waals surface area (Å²) in [7, 11) is 0. The summed E-state index contributed by atoms with van der Waals surface area (Å²) in [5, 5.41) is 9.02. The maximum Gasteiger partial charge on any atom is 0.319 e. The number of para-hydroxylation sites is 1. The summed E-state index contributed by atoms with van der Waals surface area (Å²) in [4.78, 5) is 11.8. The monoisotopic (exact) mass is 249 g/mol. The van der Waals surface area contributed by atoms with E-state index in [4.69, 9.17) is 0 Å². The summed E-state index contributed by atoms with van der Waals surface area (Å²) >= 11 is 0. The van der Waals surface area contributed by atoms with Crippen LogP contribution in [-0.4, -0.2) is 18.1 Å². The Morgan fingerprint density at radius 1 is 1.22 bits per heavy atom. The number of rotatable bonds is 4. The van der Waals surface area contributed by atoms with Gasteiger partial charge in [-0.3, -0.25) is 0 Å². The van der Waals surface area contributed by atoms with Gasteiger partial charge in [0.15, 0.2) is 0 Å². The van der Waals surface area contributed by atoms with Crippen LogP contribution >= 0.6 is 0 Å². The van der Waals surface area contributed by atoms with Crippen LogP contribution in [0.4, 0.5) is 10.5 Å². The average molecular weight is 249 g/mol. The molecule has 0 atom stereocenters. The second-order valence-corrected chi connectivity index (χ2v) is 5.27. The lowest BCUT2D eigenvalue weighted by Crippen LogP contribution is -2.43. The van der Waals surface area contributed by atoms with Crippen molar-refractivity contribution in [3.8, 4) is 0 Å². The summed E-state index contributed by atoms with van der Waals surface area (Å²) in [5.41, 5.74) is 1.70. The van der Waals surface area contributed by atoms with E-state index in [0.29, 0.717) is 0 Å². The highest BCUT2D eigenvalue weighted by atomic mass is 16.2. The molecule has 0 aliphatic heterocycles. The fourth-order valence-corrected chi connectivity index (χ4v) is 1.55. The van der Waals surface area contributed by atoms with Crippen molar-refractivity contribution in [2.45, 2.75) is 39.8 Å². The van der Waals surface area contributed by atoms with Crippen molar-refractivity contribution >= 4 is 11.7 Å². The number of benzene rings is 1.